The summed E-state index contributed by atoms with van der Waals surface area (Å²) >= 11 is 6.12. The van der Waals surface area contributed by atoms with Crippen LogP contribution in [0.3, 0.4) is 0 Å². The van der Waals surface area contributed by atoms with Crippen LogP contribution in [-0.2, 0) is 24.1 Å². The van der Waals surface area contributed by atoms with Gasteiger partial charge < -0.3 is 19.5 Å². The van der Waals surface area contributed by atoms with E-state index in [4.69, 9.17) is 16.3 Å². The summed E-state index contributed by atoms with van der Waals surface area (Å²) in [6, 6.07) is 1.82. The maximum Gasteiger partial charge on any atom is 0.433 e. The number of ether oxygens (including phenoxy) is 1. The molecule has 0 radical (unpaired) electrons. The average Bonchev–Trinajstić information content (AvgIpc) is 3.40. The number of carbonyl (C=O) groups excluding carboxylic acids is 2. The van der Waals surface area contributed by atoms with Gasteiger partial charge in [-0.25, -0.2) is 0 Å². The first kappa shape index (κ1) is 24.5. The number of fused-ring (bicyclic) bond motifs is 1. The van der Waals surface area contributed by atoms with Crippen molar-refractivity contribution >= 4 is 23.4 Å². The molecule has 2 aliphatic heterocycles. The van der Waals surface area contributed by atoms with E-state index < -0.39 is 23.8 Å². The van der Waals surface area contributed by atoms with E-state index in [1.54, 1.807) is 13.0 Å². The second kappa shape index (κ2) is 9.58. The van der Waals surface area contributed by atoms with E-state index in [9.17, 15) is 22.8 Å². The number of pyridine rings is 1. The first-order valence-electron chi connectivity index (χ1n) is 11.3. The Hall–Kier alpha value is -2.59. The van der Waals surface area contributed by atoms with Crippen LogP contribution >= 0.6 is 11.6 Å². The highest BCUT2D eigenvalue weighted by atomic mass is 35.5. The van der Waals surface area contributed by atoms with E-state index in [0.29, 0.717) is 43.1 Å². The van der Waals surface area contributed by atoms with Gasteiger partial charge in [0.15, 0.2) is 0 Å². The van der Waals surface area contributed by atoms with Crippen molar-refractivity contribution in [2.24, 2.45) is 0 Å². The molecule has 2 aromatic heterocycles. The largest absolute Gasteiger partial charge is 0.433 e. The van der Waals surface area contributed by atoms with Crippen molar-refractivity contribution in [3.8, 4) is 0 Å². The number of aromatic nitrogens is 2. The van der Waals surface area contributed by atoms with E-state index in [1.165, 1.54) is 0 Å². The summed E-state index contributed by atoms with van der Waals surface area (Å²) in [5.41, 5.74) is 0.548. The van der Waals surface area contributed by atoms with E-state index in [0.717, 1.165) is 25.1 Å². The van der Waals surface area contributed by atoms with Crippen LogP contribution in [0, 0.1) is 0 Å². The first-order valence-corrected chi connectivity index (χ1v) is 11.6. The molecular weight excluding hydrogens is 473 g/mol. The van der Waals surface area contributed by atoms with Gasteiger partial charge >= 0.3 is 6.18 Å². The Labute approximate surface area is 200 Å². The Balaban J connectivity index is 1.61. The van der Waals surface area contributed by atoms with Crippen LogP contribution in [0.15, 0.2) is 18.3 Å². The molecule has 0 aliphatic carbocycles. The van der Waals surface area contributed by atoms with Crippen LogP contribution in [0.5, 0.6) is 0 Å². The summed E-state index contributed by atoms with van der Waals surface area (Å²) in [4.78, 5) is 31.8. The molecule has 0 bridgehead atoms. The van der Waals surface area contributed by atoms with Gasteiger partial charge in [0.1, 0.15) is 11.4 Å². The number of likely N-dealkylation sites (tertiary alicyclic amines) is 1. The van der Waals surface area contributed by atoms with Crippen LogP contribution in [-0.4, -0.2) is 45.5 Å². The molecule has 11 heteroatoms. The molecule has 1 saturated heterocycles. The predicted octanol–water partition coefficient (Wildman–Crippen LogP) is 4.59. The molecule has 2 aromatic rings. The van der Waals surface area contributed by atoms with Crippen molar-refractivity contribution in [2.45, 2.75) is 64.5 Å². The topological polar surface area (TPSA) is 76.5 Å². The van der Waals surface area contributed by atoms with Gasteiger partial charge in [-0.1, -0.05) is 18.5 Å². The molecule has 184 valence electrons. The summed E-state index contributed by atoms with van der Waals surface area (Å²) < 4.78 is 46.2. The Morgan fingerprint density at radius 2 is 2.09 bits per heavy atom. The van der Waals surface area contributed by atoms with Crippen LogP contribution in [0.2, 0.25) is 5.02 Å². The lowest BCUT2D eigenvalue weighted by molar-refractivity contribution is -0.141. The Bertz CT molecular complexity index is 1100. The second-order valence-corrected chi connectivity index (χ2v) is 9.01. The van der Waals surface area contributed by atoms with E-state index >= 15 is 0 Å². The zero-order valence-corrected chi connectivity index (χ0v) is 19.7. The van der Waals surface area contributed by atoms with Crippen LogP contribution in [0.4, 0.5) is 13.2 Å². The van der Waals surface area contributed by atoms with Gasteiger partial charge in [-0.2, -0.15) is 13.2 Å². The Morgan fingerprint density at radius 3 is 2.71 bits per heavy atom. The van der Waals surface area contributed by atoms with E-state index in [2.05, 4.69) is 10.3 Å². The Morgan fingerprint density at radius 1 is 1.32 bits per heavy atom. The molecule has 0 saturated carbocycles. The minimum atomic E-state index is -4.62. The summed E-state index contributed by atoms with van der Waals surface area (Å²) in [5.74, 6) is -0.570. The third-order valence-electron chi connectivity index (χ3n) is 6.45. The van der Waals surface area contributed by atoms with Gasteiger partial charge in [0.2, 0.25) is 0 Å². The quantitative estimate of drug-likeness (QED) is 0.654. The van der Waals surface area contributed by atoms with Crippen molar-refractivity contribution in [1.29, 1.82) is 0 Å². The molecule has 1 N–H and O–H groups in total. The number of halogens is 4. The maximum atomic E-state index is 13.3. The summed E-state index contributed by atoms with van der Waals surface area (Å²) in [5, 5.41) is 2.71. The molecule has 7 nitrogen and oxygen atoms in total. The van der Waals surface area contributed by atoms with Crippen molar-refractivity contribution in [3.05, 3.63) is 51.6 Å². The van der Waals surface area contributed by atoms with Gasteiger partial charge in [-0.15, -0.1) is 0 Å². The lowest BCUT2D eigenvalue weighted by Gasteiger charge is -2.24. The van der Waals surface area contributed by atoms with Crippen LogP contribution in [0.1, 0.15) is 76.9 Å². The lowest BCUT2D eigenvalue weighted by atomic mass is 10.0. The SMILES string of the molecule is CCC(NC(=O)c1cc(C(=O)N2CCCC2C)n2c1COCC2)c1cnc(C(F)(F)F)cc1Cl. The van der Waals surface area contributed by atoms with Crippen molar-refractivity contribution in [1.82, 2.24) is 19.8 Å². The number of nitrogens with one attached hydrogen (secondary N) is 1. The molecule has 0 aromatic carbocycles. The highest BCUT2D eigenvalue weighted by molar-refractivity contribution is 6.31. The van der Waals surface area contributed by atoms with E-state index in [1.807, 2.05) is 16.4 Å². The molecule has 4 rings (SSSR count). The number of hydrogen-bond donors (Lipinski definition) is 1. The van der Waals surface area contributed by atoms with Crippen molar-refractivity contribution < 1.29 is 27.5 Å². The third-order valence-corrected chi connectivity index (χ3v) is 6.77. The molecular formula is C23H26ClF3N4O3. The molecule has 34 heavy (non-hydrogen) atoms. The van der Waals surface area contributed by atoms with Gasteiger partial charge in [-0.3, -0.25) is 14.6 Å². The summed E-state index contributed by atoms with van der Waals surface area (Å²) in [6.45, 7) is 5.54. The fourth-order valence-corrected chi connectivity index (χ4v) is 4.85. The average molecular weight is 499 g/mol. The molecule has 2 atom stereocenters. The molecule has 2 aliphatic rings. The number of rotatable bonds is 5. The maximum absolute atomic E-state index is 13.3. The lowest BCUT2D eigenvalue weighted by Crippen LogP contribution is -2.35. The number of hydrogen-bond acceptors (Lipinski definition) is 4. The molecule has 2 unspecified atom stereocenters. The highest BCUT2D eigenvalue weighted by Gasteiger charge is 2.34. The minimum absolute atomic E-state index is 0.116. The minimum Gasteiger partial charge on any atom is -0.373 e. The van der Waals surface area contributed by atoms with E-state index in [-0.39, 0.29) is 29.1 Å². The second-order valence-electron chi connectivity index (χ2n) is 8.61. The smallest absolute Gasteiger partial charge is 0.373 e. The molecule has 0 spiro atoms. The normalized spacial score (nSPS) is 19.1. The third kappa shape index (κ3) is 4.65. The zero-order chi connectivity index (χ0) is 24.6. The summed E-state index contributed by atoms with van der Waals surface area (Å²) in [6.07, 6.45) is -1.31. The van der Waals surface area contributed by atoms with Gasteiger partial charge in [0.05, 0.1) is 30.5 Å². The highest BCUT2D eigenvalue weighted by Crippen LogP contribution is 2.33. The Kier molecular flexibility index (Phi) is 6.91. The predicted molar refractivity (Wildman–Crippen MR) is 119 cm³/mol. The van der Waals surface area contributed by atoms with Crippen molar-refractivity contribution in [3.63, 3.8) is 0 Å². The number of alkyl halides is 3. The summed E-state index contributed by atoms with van der Waals surface area (Å²) in [7, 11) is 0. The zero-order valence-electron chi connectivity index (χ0n) is 18.9. The number of nitrogens with zero attached hydrogens (tertiary/aromatic N) is 3. The fraction of sp³-hybridized carbons (Fsp3) is 0.522. The monoisotopic (exact) mass is 498 g/mol. The van der Waals surface area contributed by atoms with Crippen LogP contribution < -0.4 is 5.32 Å². The number of carbonyl (C=O) groups is 2. The van der Waals surface area contributed by atoms with Gasteiger partial charge in [-0.05, 0) is 38.3 Å². The standard InChI is InChI=1S/C23H26ClF3N4O3/c1-3-17(15-11-28-20(10-16(15)24)23(25,26)27)29-21(32)14-9-18(31-7-8-34-12-19(14)31)22(33)30-6-4-5-13(30)2/h9-11,13,17H,3-8,12H2,1-2H3,(H,29,32). The number of amides is 2. The molecule has 1 fully saturated rings. The van der Waals surface area contributed by atoms with Gasteiger partial charge in [0.25, 0.3) is 11.8 Å². The van der Waals surface area contributed by atoms with Crippen molar-refractivity contribution in [2.75, 3.05) is 13.2 Å². The van der Waals surface area contributed by atoms with Gasteiger partial charge in [0, 0.05) is 35.9 Å². The first-order chi connectivity index (χ1) is 16.1. The fourth-order valence-electron chi connectivity index (χ4n) is 4.57. The molecule has 2 amide bonds. The molecule has 4 heterocycles. The van der Waals surface area contributed by atoms with Crippen LogP contribution in [0.25, 0.3) is 0 Å².